The highest BCUT2D eigenvalue weighted by atomic mass is 14.9. The molecule has 2 heteroatoms. The van der Waals surface area contributed by atoms with E-state index in [4.69, 9.17) is 5.73 Å². The van der Waals surface area contributed by atoms with Crippen LogP contribution in [0.25, 0.3) is 0 Å². The van der Waals surface area contributed by atoms with Crippen molar-refractivity contribution in [3.63, 3.8) is 0 Å². The molecule has 1 aliphatic heterocycles. The highest BCUT2D eigenvalue weighted by Gasteiger charge is 2.25. The van der Waals surface area contributed by atoms with Gasteiger partial charge in [-0.1, -0.05) is 19.1 Å². The van der Waals surface area contributed by atoms with Crippen LogP contribution in [0.4, 0.5) is 0 Å². The Morgan fingerprint density at radius 3 is 3.00 bits per heavy atom. The Morgan fingerprint density at radius 1 is 1.62 bits per heavy atom. The first-order valence-electron chi connectivity index (χ1n) is 5.33. The molecule has 1 aliphatic rings. The van der Waals surface area contributed by atoms with Gasteiger partial charge in [0.2, 0.25) is 0 Å². The average molecular weight is 182 g/mol. The minimum Gasteiger partial charge on any atom is -0.327 e. The summed E-state index contributed by atoms with van der Waals surface area (Å²) in [5.74, 6) is 1.36. The van der Waals surface area contributed by atoms with Crippen LogP contribution in [0.1, 0.15) is 26.7 Å². The summed E-state index contributed by atoms with van der Waals surface area (Å²) in [7, 11) is 0. The minimum atomic E-state index is 0.404. The Hall–Kier alpha value is -0.340. The van der Waals surface area contributed by atoms with E-state index in [1.165, 1.54) is 0 Å². The number of hydrogen-bond donors (Lipinski definition) is 2. The maximum atomic E-state index is 6.09. The largest absolute Gasteiger partial charge is 0.327 e. The molecule has 0 spiro atoms. The molecule has 0 aromatic heterocycles. The van der Waals surface area contributed by atoms with Gasteiger partial charge in [-0.15, -0.1) is 0 Å². The Kier molecular flexibility index (Phi) is 4.46. The van der Waals surface area contributed by atoms with Crippen molar-refractivity contribution in [2.24, 2.45) is 17.6 Å². The molecule has 3 atom stereocenters. The lowest BCUT2D eigenvalue weighted by molar-refractivity contribution is 0.244. The van der Waals surface area contributed by atoms with Crippen molar-refractivity contribution in [3.05, 3.63) is 12.2 Å². The first-order chi connectivity index (χ1) is 6.25. The van der Waals surface area contributed by atoms with Gasteiger partial charge in [0.1, 0.15) is 0 Å². The number of allylic oxidation sites excluding steroid dienone is 2. The van der Waals surface area contributed by atoms with E-state index in [0.717, 1.165) is 25.9 Å². The summed E-state index contributed by atoms with van der Waals surface area (Å²) in [5.41, 5.74) is 6.09. The van der Waals surface area contributed by atoms with Crippen molar-refractivity contribution in [1.29, 1.82) is 0 Å². The van der Waals surface area contributed by atoms with Gasteiger partial charge >= 0.3 is 0 Å². The third kappa shape index (κ3) is 3.12. The summed E-state index contributed by atoms with van der Waals surface area (Å²) >= 11 is 0. The maximum Gasteiger partial charge on any atom is 0.00940 e. The van der Waals surface area contributed by atoms with Gasteiger partial charge in [0.05, 0.1) is 0 Å². The van der Waals surface area contributed by atoms with Gasteiger partial charge in [-0.25, -0.2) is 0 Å². The van der Waals surface area contributed by atoms with E-state index in [1.54, 1.807) is 0 Å². The molecule has 1 rings (SSSR count). The molecule has 13 heavy (non-hydrogen) atoms. The fourth-order valence-corrected chi connectivity index (χ4v) is 2.05. The second-order valence-corrected chi connectivity index (χ2v) is 4.10. The summed E-state index contributed by atoms with van der Waals surface area (Å²) in [6.07, 6.45) is 6.66. The molecule has 3 unspecified atom stereocenters. The molecule has 0 bridgehead atoms. The lowest BCUT2D eigenvalue weighted by Crippen LogP contribution is -2.47. The van der Waals surface area contributed by atoms with E-state index in [9.17, 15) is 0 Å². The van der Waals surface area contributed by atoms with Gasteiger partial charge in [-0.3, -0.25) is 0 Å². The predicted molar refractivity (Wildman–Crippen MR) is 57.5 cm³/mol. The van der Waals surface area contributed by atoms with E-state index >= 15 is 0 Å². The number of nitrogens with two attached hydrogens (primary N) is 1. The number of rotatable bonds is 3. The minimum absolute atomic E-state index is 0.404. The predicted octanol–water partition coefficient (Wildman–Crippen LogP) is 1.53. The van der Waals surface area contributed by atoms with E-state index < -0.39 is 0 Å². The van der Waals surface area contributed by atoms with Crippen LogP contribution in [0, 0.1) is 11.8 Å². The van der Waals surface area contributed by atoms with Crippen molar-refractivity contribution in [2.75, 3.05) is 13.1 Å². The maximum absolute atomic E-state index is 6.09. The Balaban J connectivity index is 2.38. The number of nitrogens with one attached hydrogen (secondary N) is 1. The molecule has 0 radical (unpaired) electrons. The Morgan fingerprint density at radius 2 is 2.38 bits per heavy atom. The van der Waals surface area contributed by atoms with Crippen LogP contribution in [-0.2, 0) is 0 Å². The van der Waals surface area contributed by atoms with Crippen LogP contribution < -0.4 is 11.1 Å². The Bertz CT molecular complexity index is 165. The third-order valence-corrected chi connectivity index (χ3v) is 3.06. The fourth-order valence-electron chi connectivity index (χ4n) is 2.05. The van der Waals surface area contributed by atoms with Crippen LogP contribution in [0.15, 0.2) is 12.2 Å². The van der Waals surface area contributed by atoms with Crippen molar-refractivity contribution >= 4 is 0 Å². The second kappa shape index (κ2) is 5.40. The number of hydrogen-bond acceptors (Lipinski definition) is 2. The molecule has 1 heterocycles. The molecule has 1 fully saturated rings. The van der Waals surface area contributed by atoms with E-state index in [1.807, 2.05) is 0 Å². The molecular weight excluding hydrogens is 160 g/mol. The summed E-state index contributed by atoms with van der Waals surface area (Å²) < 4.78 is 0. The van der Waals surface area contributed by atoms with Gasteiger partial charge in [0.25, 0.3) is 0 Å². The summed E-state index contributed by atoms with van der Waals surface area (Å²) in [6.45, 7) is 6.57. The zero-order chi connectivity index (χ0) is 9.68. The molecule has 1 saturated heterocycles. The quantitative estimate of drug-likeness (QED) is 0.650. The molecule has 0 saturated carbocycles. The molecule has 3 N–H and O–H groups in total. The summed E-state index contributed by atoms with van der Waals surface area (Å²) in [5, 5.41) is 3.42. The van der Waals surface area contributed by atoms with Crippen LogP contribution in [-0.4, -0.2) is 19.1 Å². The van der Waals surface area contributed by atoms with Crippen LogP contribution in [0.3, 0.4) is 0 Å². The smallest absolute Gasteiger partial charge is 0.00940 e. The van der Waals surface area contributed by atoms with Gasteiger partial charge in [0, 0.05) is 6.04 Å². The standard InChI is InChI=1S/C11H22N2/c1-3-4-5-9(2)10-8-13-7-6-11(10)12/h3-4,9-11,13H,5-8,12H2,1-2H3/b4-3-. The van der Waals surface area contributed by atoms with E-state index in [2.05, 4.69) is 31.3 Å². The van der Waals surface area contributed by atoms with Gasteiger partial charge < -0.3 is 11.1 Å². The molecule has 0 amide bonds. The lowest BCUT2D eigenvalue weighted by atomic mass is 9.82. The first kappa shape index (κ1) is 10.7. The van der Waals surface area contributed by atoms with Crippen molar-refractivity contribution < 1.29 is 0 Å². The summed E-state index contributed by atoms with van der Waals surface area (Å²) in [6, 6.07) is 0.404. The lowest BCUT2D eigenvalue weighted by Gasteiger charge is -2.33. The van der Waals surface area contributed by atoms with Gasteiger partial charge in [-0.05, 0) is 44.7 Å². The molecule has 0 aromatic carbocycles. The molecule has 0 aromatic rings. The second-order valence-electron chi connectivity index (χ2n) is 4.10. The van der Waals surface area contributed by atoms with E-state index in [-0.39, 0.29) is 0 Å². The van der Waals surface area contributed by atoms with Gasteiger partial charge in [0.15, 0.2) is 0 Å². The van der Waals surface area contributed by atoms with Crippen molar-refractivity contribution in [1.82, 2.24) is 5.32 Å². The van der Waals surface area contributed by atoms with Gasteiger partial charge in [-0.2, -0.15) is 0 Å². The monoisotopic (exact) mass is 182 g/mol. The van der Waals surface area contributed by atoms with Crippen LogP contribution in [0.2, 0.25) is 0 Å². The van der Waals surface area contributed by atoms with Crippen molar-refractivity contribution in [3.8, 4) is 0 Å². The molecule has 2 nitrogen and oxygen atoms in total. The zero-order valence-corrected chi connectivity index (χ0v) is 8.79. The molecule has 76 valence electrons. The topological polar surface area (TPSA) is 38.0 Å². The summed E-state index contributed by atoms with van der Waals surface area (Å²) in [4.78, 5) is 0. The highest BCUT2D eigenvalue weighted by molar-refractivity contribution is 4.88. The fraction of sp³-hybridized carbons (Fsp3) is 0.818. The van der Waals surface area contributed by atoms with Crippen LogP contribution >= 0.6 is 0 Å². The zero-order valence-electron chi connectivity index (χ0n) is 8.79. The third-order valence-electron chi connectivity index (χ3n) is 3.06. The Labute approximate surface area is 81.6 Å². The first-order valence-corrected chi connectivity index (χ1v) is 5.33. The SMILES string of the molecule is C/C=C\CC(C)C1CNCCC1N. The highest BCUT2D eigenvalue weighted by Crippen LogP contribution is 2.21. The molecular formula is C11H22N2. The molecule has 0 aliphatic carbocycles. The van der Waals surface area contributed by atoms with Crippen molar-refractivity contribution in [2.45, 2.75) is 32.7 Å². The number of piperidine rings is 1. The van der Waals surface area contributed by atoms with E-state index in [0.29, 0.717) is 17.9 Å². The average Bonchev–Trinajstić information content (AvgIpc) is 2.15. The normalized spacial score (nSPS) is 32.2. The van der Waals surface area contributed by atoms with Crippen LogP contribution in [0.5, 0.6) is 0 Å².